The molecule has 0 saturated carbocycles. The summed E-state index contributed by atoms with van der Waals surface area (Å²) in [5.41, 5.74) is 2.44. The average molecular weight is 275 g/mol. The second-order valence-corrected chi connectivity index (χ2v) is 2.96. The topological polar surface area (TPSA) is 0 Å². The first-order valence-corrected chi connectivity index (χ1v) is 4.65. The van der Waals surface area contributed by atoms with Gasteiger partial charge < -0.3 is 7.43 Å². The van der Waals surface area contributed by atoms with Gasteiger partial charge in [-0.15, -0.1) is 53.6 Å². The Kier molecular flexibility index (Phi) is 11.8. The molecule has 0 unspecified atom stereocenters. The minimum Gasteiger partial charge on any atom is -0.358 e. The second-order valence-electron chi connectivity index (χ2n) is 2.96. The number of hydrogen-bond acceptors (Lipinski definition) is 0. The molecule has 0 N–H and O–H groups in total. The molecule has 0 aliphatic carbocycles. The van der Waals surface area contributed by atoms with E-state index in [0.29, 0.717) is 0 Å². The molecule has 0 fully saturated rings. The molecule has 0 saturated heterocycles. The zero-order valence-electron chi connectivity index (χ0n) is 9.83. The van der Waals surface area contributed by atoms with Crippen molar-refractivity contribution in [2.75, 3.05) is 0 Å². The van der Waals surface area contributed by atoms with Gasteiger partial charge >= 0.3 is 0 Å². The summed E-state index contributed by atoms with van der Waals surface area (Å²) in [6, 6.07) is 8.25. The third kappa shape index (κ3) is 6.81. The summed E-state index contributed by atoms with van der Waals surface area (Å²) in [5.74, 6) is 0. The van der Waals surface area contributed by atoms with Crippen LogP contribution in [0.1, 0.15) is 24.5 Å². The second kappa shape index (κ2) is 10.3. The molecule has 1 heteroatoms. The van der Waals surface area contributed by atoms with Gasteiger partial charge in [0, 0.05) is 32.7 Å². The van der Waals surface area contributed by atoms with E-state index in [-0.39, 0.29) is 40.1 Å². The van der Waals surface area contributed by atoms with Crippen molar-refractivity contribution in [1.29, 1.82) is 0 Å². The van der Waals surface area contributed by atoms with E-state index >= 15 is 0 Å². The maximum absolute atomic E-state index is 3.24. The van der Waals surface area contributed by atoms with Crippen LogP contribution in [-0.4, -0.2) is 0 Å². The van der Waals surface area contributed by atoms with Crippen molar-refractivity contribution in [1.82, 2.24) is 0 Å². The Morgan fingerprint density at radius 2 is 1.93 bits per heavy atom. The van der Waals surface area contributed by atoms with Crippen LogP contribution in [0.15, 0.2) is 42.5 Å². The van der Waals surface area contributed by atoms with Gasteiger partial charge in [-0.1, -0.05) is 19.9 Å². The molecule has 0 heterocycles. The van der Waals surface area contributed by atoms with E-state index in [2.05, 4.69) is 38.1 Å². The summed E-state index contributed by atoms with van der Waals surface area (Å²) < 4.78 is 0. The first-order chi connectivity index (χ1) is 6.34. The van der Waals surface area contributed by atoms with Crippen LogP contribution in [0.25, 0.3) is 0 Å². The summed E-state index contributed by atoms with van der Waals surface area (Å²) >= 11 is 0. The van der Waals surface area contributed by atoms with E-state index in [4.69, 9.17) is 0 Å². The molecule has 1 aromatic rings. The molecule has 1 aromatic carbocycles. The average Bonchev–Trinajstić information content (AvgIpc) is 2.15. The van der Waals surface area contributed by atoms with Crippen LogP contribution in [0, 0.1) is 20.4 Å². The van der Waals surface area contributed by atoms with Gasteiger partial charge in [-0.2, -0.15) is 0 Å². The summed E-state index contributed by atoms with van der Waals surface area (Å²) in [6.45, 7) is 4.22. The van der Waals surface area contributed by atoms with Gasteiger partial charge in [0.2, 0.25) is 0 Å². The SMILES string of the molecule is CC/C=C/C=[C-]c1ccccc1C.[CH3-].[Y]. The van der Waals surface area contributed by atoms with Crippen molar-refractivity contribution >= 4 is 0 Å². The standard InChI is InChI=1S/C13H15.CH3.Y/c1-3-4-5-6-10-13-11-8-7-9-12(13)2;;/h4-9,11H,3H2,1-2H3;1H3;/q2*-1;/b5-4+;;. The quantitative estimate of drug-likeness (QED) is 0.575. The maximum atomic E-state index is 3.24. The molecule has 1 radical (unpaired) electrons. The smallest absolute Gasteiger partial charge is 0 e. The molecular formula is C14H18Y-2. The van der Waals surface area contributed by atoms with Crippen LogP contribution in [0.2, 0.25) is 0 Å². The zero-order valence-corrected chi connectivity index (χ0v) is 12.7. The molecule has 1 rings (SSSR count). The van der Waals surface area contributed by atoms with Gasteiger partial charge in [0.15, 0.2) is 0 Å². The number of rotatable bonds is 3. The van der Waals surface area contributed by atoms with Crippen molar-refractivity contribution in [3.05, 3.63) is 67.1 Å². The van der Waals surface area contributed by atoms with Crippen LogP contribution >= 0.6 is 0 Å². The van der Waals surface area contributed by atoms with Gasteiger partial charge in [0.25, 0.3) is 0 Å². The molecule has 79 valence electrons. The van der Waals surface area contributed by atoms with Crippen LogP contribution in [0.5, 0.6) is 0 Å². The van der Waals surface area contributed by atoms with Crippen molar-refractivity contribution in [2.45, 2.75) is 20.3 Å². The molecule has 15 heavy (non-hydrogen) atoms. The molecule has 0 nitrogen and oxygen atoms in total. The summed E-state index contributed by atoms with van der Waals surface area (Å²) in [5, 5.41) is 0. The third-order valence-electron chi connectivity index (χ3n) is 1.85. The van der Waals surface area contributed by atoms with Crippen molar-refractivity contribution in [2.24, 2.45) is 0 Å². The van der Waals surface area contributed by atoms with E-state index in [1.807, 2.05) is 24.3 Å². The summed E-state index contributed by atoms with van der Waals surface area (Å²) in [4.78, 5) is 0. The minimum absolute atomic E-state index is 0. The normalized spacial score (nSPS) is 10.0. The molecule has 0 aromatic heterocycles. The van der Waals surface area contributed by atoms with Gasteiger partial charge in [0.1, 0.15) is 0 Å². The largest absolute Gasteiger partial charge is 0.358 e. The summed E-state index contributed by atoms with van der Waals surface area (Å²) in [7, 11) is 0. The Labute approximate surface area is 119 Å². The van der Waals surface area contributed by atoms with E-state index in [9.17, 15) is 0 Å². The fraction of sp³-hybridized carbons (Fsp3) is 0.214. The first kappa shape index (κ1) is 17.2. The fourth-order valence-electron chi connectivity index (χ4n) is 1.08. The van der Waals surface area contributed by atoms with E-state index < -0.39 is 0 Å². The van der Waals surface area contributed by atoms with Crippen LogP contribution in [0.4, 0.5) is 0 Å². The Morgan fingerprint density at radius 3 is 2.53 bits per heavy atom. The molecule has 0 bridgehead atoms. The van der Waals surface area contributed by atoms with Gasteiger partial charge in [0.05, 0.1) is 0 Å². The number of aryl methyl sites for hydroxylation is 1. The predicted molar refractivity (Wildman–Crippen MR) is 63.9 cm³/mol. The number of allylic oxidation sites excluding steroid dienone is 3. The van der Waals surface area contributed by atoms with Crippen molar-refractivity contribution in [3.63, 3.8) is 0 Å². The van der Waals surface area contributed by atoms with Crippen LogP contribution in [-0.2, 0) is 32.7 Å². The first-order valence-electron chi connectivity index (χ1n) is 4.65. The Balaban J connectivity index is 0. The maximum Gasteiger partial charge on any atom is 0 e. The Hall–Kier alpha value is -0.196. The molecule has 0 amide bonds. The number of benzene rings is 1. The fourth-order valence-corrected chi connectivity index (χ4v) is 1.08. The van der Waals surface area contributed by atoms with E-state index in [0.717, 1.165) is 6.42 Å². The molecule has 0 spiro atoms. The van der Waals surface area contributed by atoms with Crippen LogP contribution in [0.3, 0.4) is 0 Å². The predicted octanol–water partition coefficient (Wildman–Crippen LogP) is 4.12. The molecule has 0 atom stereocenters. The van der Waals surface area contributed by atoms with Gasteiger partial charge in [-0.05, 0) is 6.42 Å². The Morgan fingerprint density at radius 1 is 1.27 bits per heavy atom. The van der Waals surface area contributed by atoms with E-state index in [1.165, 1.54) is 11.1 Å². The van der Waals surface area contributed by atoms with E-state index in [1.54, 1.807) is 0 Å². The molecular weight excluding hydrogens is 257 g/mol. The Bertz CT molecular complexity index is 311. The van der Waals surface area contributed by atoms with Gasteiger partial charge in [-0.3, -0.25) is 0 Å². The van der Waals surface area contributed by atoms with Crippen molar-refractivity contribution < 1.29 is 32.7 Å². The molecule has 0 aliphatic rings. The van der Waals surface area contributed by atoms with Gasteiger partial charge in [-0.25, -0.2) is 0 Å². The minimum atomic E-state index is 0. The molecule has 0 aliphatic heterocycles. The van der Waals surface area contributed by atoms with Crippen molar-refractivity contribution in [3.8, 4) is 0 Å². The number of hydrogen-bond donors (Lipinski definition) is 0. The van der Waals surface area contributed by atoms with Crippen LogP contribution < -0.4 is 0 Å². The third-order valence-corrected chi connectivity index (χ3v) is 1.85. The zero-order chi connectivity index (χ0) is 9.52. The summed E-state index contributed by atoms with van der Waals surface area (Å²) in [6.07, 6.45) is 10.4. The monoisotopic (exact) mass is 275 g/mol.